The molecular formula is C25H30N6O. The molecule has 7 nitrogen and oxygen atoms in total. The molecule has 0 atom stereocenters. The normalized spacial score (nSPS) is 10.6. The number of nitrogens with zero attached hydrogens (tertiary/aromatic N) is 5. The summed E-state index contributed by atoms with van der Waals surface area (Å²) in [6.07, 6.45) is 5.49. The van der Waals surface area contributed by atoms with Gasteiger partial charge in [-0.15, -0.1) is 0 Å². The molecule has 0 bridgehead atoms. The maximum atomic E-state index is 9.55. The van der Waals surface area contributed by atoms with Crippen molar-refractivity contribution in [2.45, 2.75) is 47.1 Å². The third-order valence-corrected chi connectivity index (χ3v) is 5.08. The van der Waals surface area contributed by atoms with Crippen LogP contribution in [0.2, 0.25) is 0 Å². The Hall–Kier alpha value is -3.50. The molecule has 0 aliphatic heterocycles. The minimum atomic E-state index is 0.376. The molecule has 0 amide bonds. The van der Waals surface area contributed by atoms with Crippen LogP contribution in [-0.4, -0.2) is 28.0 Å². The number of benzene rings is 1. The summed E-state index contributed by atoms with van der Waals surface area (Å²) >= 11 is 0. The predicted octanol–water partition coefficient (Wildman–Crippen LogP) is 4.90. The fourth-order valence-electron chi connectivity index (χ4n) is 3.52. The minimum Gasteiger partial charge on any atom is -0.456 e. The molecule has 3 rings (SSSR count). The quantitative estimate of drug-likeness (QED) is 0.515. The first kappa shape index (κ1) is 23.2. The molecule has 0 saturated heterocycles. The highest BCUT2D eigenvalue weighted by Crippen LogP contribution is 2.35. The minimum absolute atomic E-state index is 0.376. The molecule has 2 aromatic heterocycles. The van der Waals surface area contributed by atoms with Crippen molar-refractivity contribution in [1.29, 1.82) is 5.26 Å². The second kappa shape index (κ2) is 10.7. The molecule has 0 fully saturated rings. The highest BCUT2D eigenvalue weighted by molar-refractivity contribution is 5.68. The number of aryl methyl sites for hydroxylation is 2. The number of pyridine rings is 1. The van der Waals surface area contributed by atoms with Gasteiger partial charge in [0.05, 0.1) is 17.2 Å². The third-order valence-electron chi connectivity index (χ3n) is 5.08. The van der Waals surface area contributed by atoms with E-state index in [0.717, 1.165) is 54.1 Å². The molecule has 7 heteroatoms. The van der Waals surface area contributed by atoms with Crippen LogP contribution in [0.15, 0.2) is 36.7 Å². The van der Waals surface area contributed by atoms with E-state index in [9.17, 15) is 5.26 Å². The molecule has 0 radical (unpaired) electrons. The van der Waals surface area contributed by atoms with Crippen molar-refractivity contribution >= 4 is 5.82 Å². The number of hydrogen-bond donors (Lipinski definition) is 1. The molecule has 0 spiro atoms. The van der Waals surface area contributed by atoms with E-state index in [0.29, 0.717) is 29.4 Å². The van der Waals surface area contributed by atoms with Crippen molar-refractivity contribution in [1.82, 2.24) is 15.0 Å². The lowest BCUT2D eigenvalue weighted by molar-refractivity contribution is 0.482. The molecule has 1 aromatic carbocycles. The van der Waals surface area contributed by atoms with Gasteiger partial charge in [0.1, 0.15) is 17.3 Å². The second-order valence-corrected chi connectivity index (χ2v) is 7.79. The first-order valence-electron chi connectivity index (χ1n) is 11.0. The van der Waals surface area contributed by atoms with Gasteiger partial charge < -0.3 is 15.4 Å². The van der Waals surface area contributed by atoms with E-state index in [-0.39, 0.29) is 0 Å². The van der Waals surface area contributed by atoms with Crippen LogP contribution in [0.3, 0.4) is 0 Å². The van der Waals surface area contributed by atoms with Gasteiger partial charge in [-0.05, 0) is 44.4 Å². The average Bonchev–Trinajstić information content (AvgIpc) is 2.79. The summed E-state index contributed by atoms with van der Waals surface area (Å²) in [5.41, 5.74) is 9.50. The lowest BCUT2D eigenvalue weighted by atomic mass is 10.0. The van der Waals surface area contributed by atoms with Crippen LogP contribution in [-0.2, 0) is 6.54 Å². The summed E-state index contributed by atoms with van der Waals surface area (Å²) in [4.78, 5) is 15.9. The van der Waals surface area contributed by atoms with Gasteiger partial charge in [0.2, 0.25) is 0 Å². The van der Waals surface area contributed by atoms with Gasteiger partial charge in [0.25, 0.3) is 0 Å². The Bertz CT molecular complexity index is 1100. The number of anilines is 1. The third kappa shape index (κ3) is 5.40. The van der Waals surface area contributed by atoms with E-state index in [4.69, 9.17) is 15.5 Å². The molecular weight excluding hydrogens is 400 g/mol. The van der Waals surface area contributed by atoms with E-state index in [1.54, 1.807) is 18.5 Å². The van der Waals surface area contributed by atoms with Gasteiger partial charge in [-0.25, -0.2) is 15.0 Å². The molecule has 0 saturated carbocycles. The molecule has 2 N–H and O–H groups in total. The number of nitrogens with two attached hydrogens (primary N) is 1. The largest absolute Gasteiger partial charge is 0.456 e. The van der Waals surface area contributed by atoms with Crippen molar-refractivity contribution in [3.8, 4) is 29.0 Å². The molecule has 0 unspecified atom stereocenters. The summed E-state index contributed by atoms with van der Waals surface area (Å²) in [6.45, 7) is 10.4. The summed E-state index contributed by atoms with van der Waals surface area (Å²) in [5, 5.41) is 9.55. The van der Waals surface area contributed by atoms with E-state index in [1.807, 2.05) is 32.0 Å². The average molecular weight is 431 g/mol. The van der Waals surface area contributed by atoms with Gasteiger partial charge in [-0.2, -0.15) is 5.26 Å². The number of nitriles is 1. The molecule has 3 aromatic rings. The summed E-state index contributed by atoms with van der Waals surface area (Å²) in [7, 11) is 0. The summed E-state index contributed by atoms with van der Waals surface area (Å²) in [5.74, 6) is 2.61. The number of aromatic nitrogens is 3. The van der Waals surface area contributed by atoms with Gasteiger partial charge in [-0.3, -0.25) is 0 Å². The fourth-order valence-corrected chi connectivity index (χ4v) is 3.52. The first-order valence-corrected chi connectivity index (χ1v) is 11.0. The lowest BCUT2D eigenvalue weighted by Crippen LogP contribution is -2.26. The lowest BCUT2D eigenvalue weighted by Gasteiger charge is -2.23. The Morgan fingerprint density at radius 2 is 1.72 bits per heavy atom. The van der Waals surface area contributed by atoms with Gasteiger partial charge in [-0.1, -0.05) is 13.8 Å². The zero-order valence-electron chi connectivity index (χ0n) is 19.2. The zero-order chi connectivity index (χ0) is 23.1. The van der Waals surface area contributed by atoms with Crippen molar-refractivity contribution in [2.75, 3.05) is 18.0 Å². The van der Waals surface area contributed by atoms with E-state index < -0.39 is 0 Å². The second-order valence-electron chi connectivity index (χ2n) is 7.79. The van der Waals surface area contributed by atoms with E-state index in [1.165, 1.54) is 0 Å². The van der Waals surface area contributed by atoms with Crippen LogP contribution >= 0.6 is 0 Å². The Morgan fingerprint density at radius 1 is 1.03 bits per heavy atom. The molecule has 0 aliphatic carbocycles. The van der Waals surface area contributed by atoms with Crippen molar-refractivity contribution in [3.63, 3.8) is 0 Å². The van der Waals surface area contributed by atoms with Crippen LogP contribution < -0.4 is 15.4 Å². The Kier molecular flexibility index (Phi) is 7.74. The van der Waals surface area contributed by atoms with Crippen molar-refractivity contribution < 1.29 is 4.74 Å². The standard InChI is InChI=1S/C25H30N6O/c1-5-7-31(8-6-2)24-12-21(10-18(4)30-24)32-23-11-20(14-27)17(3)9-22(23)25-28-15-19(13-26)16-29-25/h9-12,15-16H,5-8,13,26H2,1-4H3. The van der Waals surface area contributed by atoms with Crippen molar-refractivity contribution in [2.24, 2.45) is 5.73 Å². The smallest absolute Gasteiger partial charge is 0.162 e. The SMILES string of the molecule is CCCN(CCC)c1cc(Oc2cc(C#N)c(C)cc2-c2ncc(CN)cn2)cc(C)n1. The summed E-state index contributed by atoms with van der Waals surface area (Å²) < 4.78 is 6.32. The Balaban J connectivity index is 2.05. The fraction of sp³-hybridized carbons (Fsp3) is 0.360. The van der Waals surface area contributed by atoms with Crippen LogP contribution in [0.25, 0.3) is 11.4 Å². The first-order chi connectivity index (χ1) is 15.5. The monoisotopic (exact) mass is 430 g/mol. The Morgan fingerprint density at radius 3 is 2.31 bits per heavy atom. The zero-order valence-corrected chi connectivity index (χ0v) is 19.2. The molecule has 32 heavy (non-hydrogen) atoms. The van der Waals surface area contributed by atoms with Gasteiger partial charge >= 0.3 is 0 Å². The highest BCUT2D eigenvalue weighted by atomic mass is 16.5. The predicted molar refractivity (Wildman–Crippen MR) is 127 cm³/mol. The topological polar surface area (TPSA) is 101 Å². The molecule has 0 aliphatic rings. The van der Waals surface area contributed by atoms with E-state index in [2.05, 4.69) is 34.8 Å². The van der Waals surface area contributed by atoms with Gasteiger partial charge in [0.15, 0.2) is 5.82 Å². The van der Waals surface area contributed by atoms with Crippen LogP contribution in [0.1, 0.15) is 49.1 Å². The van der Waals surface area contributed by atoms with Gasteiger partial charge in [0, 0.05) is 55.4 Å². The van der Waals surface area contributed by atoms with Crippen molar-refractivity contribution in [3.05, 3.63) is 59.0 Å². The highest BCUT2D eigenvalue weighted by Gasteiger charge is 2.16. The maximum absolute atomic E-state index is 9.55. The number of hydrogen-bond acceptors (Lipinski definition) is 7. The van der Waals surface area contributed by atoms with Crippen LogP contribution in [0, 0.1) is 25.2 Å². The maximum Gasteiger partial charge on any atom is 0.162 e. The van der Waals surface area contributed by atoms with E-state index >= 15 is 0 Å². The number of ether oxygens (including phenoxy) is 1. The van der Waals surface area contributed by atoms with Crippen LogP contribution in [0.4, 0.5) is 5.82 Å². The number of rotatable bonds is 9. The van der Waals surface area contributed by atoms with Crippen LogP contribution in [0.5, 0.6) is 11.5 Å². The Labute approximate surface area is 189 Å². The molecule has 2 heterocycles. The summed E-state index contributed by atoms with van der Waals surface area (Å²) in [6, 6.07) is 9.72. The molecule has 166 valence electrons.